The van der Waals surface area contributed by atoms with E-state index in [1.807, 2.05) is 0 Å². The van der Waals surface area contributed by atoms with E-state index in [9.17, 15) is 10.2 Å². The van der Waals surface area contributed by atoms with E-state index >= 15 is 0 Å². The zero-order valence-corrected chi connectivity index (χ0v) is 11.4. The Hall–Kier alpha value is -0.600. The van der Waals surface area contributed by atoms with E-state index in [1.165, 1.54) is 0 Å². The van der Waals surface area contributed by atoms with E-state index in [2.05, 4.69) is 34.3 Å². The monoisotopic (exact) mass is 236 g/mol. The summed E-state index contributed by atoms with van der Waals surface area (Å²) >= 11 is 0. The molecule has 0 spiro atoms. The van der Waals surface area contributed by atoms with Crippen LogP contribution >= 0.6 is 0 Å². The van der Waals surface area contributed by atoms with Crippen LogP contribution in [0.2, 0.25) is 0 Å². The summed E-state index contributed by atoms with van der Waals surface area (Å²) in [6.07, 6.45) is 1.29. The van der Waals surface area contributed by atoms with Crippen molar-refractivity contribution in [1.29, 1.82) is 0 Å². The fourth-order valence-electron chi connectivity index (χ4n) is 3.98. The minimum absolute atomic E-state index is 0.0324. The Kier molecular flexibility index (Phi) is 2.79. The molecule has 96 valence electrons. The van der Waals surface area contributed by atoms with Crippen molar-refractivity contribution in [3.63, 3.8) is 0 Å². The third-order valence-corrected chi connectivity index (χ3v) is 4.61. The van der Waals surface area contributed by atoms with Crippen LogP contribution in [0.5, 0.6) is 0 Å². The summed E-state index contributed by atoms with van der Waals surface area (Å²) < 4.78 is 0. The Morgan fingerprint density at radius 3 is 2.47 bits per heavy atom. The van der Waals surface area contributed by atoms with Gasteiger partial charge in [-0.05, 0) is 40.9 Å². The molecule has 2 aliphatic carbocycles. The van der Waals surface area contributed by atoms with Crippen molar-refractivity contribution in [2.24, 2.45) is 16.7 Å². The highest BCUT2D eigenvalue weighted by molar-refractivity contribution is 5.50. The number of hydrogen-bond donors (Lipinski definition) is 2. The number of aliphatic hydroxyl groups is 2. The zero-order valence-electron chi connectivity index (χ0n) is 11.4. The molecular weight excluding hydrogens is 212 g/mol. The van der Waals surface area contributed by atoms with Crippen LogP contribution < -0.4 is 0 Å². The molecule has 2 heteroatoms. The van der Waals surface area contributed by atoms with Gasteiger partial charge in [-0.2, -0.15) is 0 Å². The first kappa shape index (κ1) is 12.8. The Bertz CT molecular complexity index is 392. The molecule has 0 saturated heterocycles. The molecule has 0 saturated carbocycles. The first-order valence-electron chi connectivity index (χ1n) is 6.46. The van der Waals surface area contributed by atoms with Crippen LogP contribution in [0, 0.1) is 16.7 Å². The lowest BCUT2D eigenvalue weighted by Gasteiger charge is -2.35. The summed E-state index contributed by atoms with van der Waals surface area (Å²) in [6, 6.07) is 0. The van der Waals surface area contributed by atoms with Crippen molar-refractivity contribution >= 4 is 0 Å². The maximum atomic E-state index is 10.4. The summed E-state index contributed by atoms with van der Waals surface area (Å²) in [4.78, 5) is 0. The number of allylic oxidation sites excluding steroid dienone is 1. The normalized spacial score (nSPS) is 40.7. The van der Waals surface area contributed by atoms with Gasteiger partial charge >= 0.3 is 0 Å². The lowest BCUT2D eigenvalue weighted by molar-refractivity contribution is 0.145. The Morgan fingerprint density at radius 1 is 1.35 bits per heavy atom. The number of aliphatic hydroxyl groups excluding tert-OH is 2. The average molecular weight is 236 g/mol. The third kappa shape index (κ3) is 1.69. The lowest BCUT2D eigenvalue weighted by atomic mass is 9.72. The second-order valence-electron chi connectivity index (χ2n) is 6.75. The molecule has 0 aliphatic heterocycles. The molecule has 0 fully saturated rings. The van der Waals surface area contributed by atoms with E-state index in [1.54, 1.807) is 0 Å². The van der Waals surface area contributed by atoms with Gasteiger partial charge in [0.25, 0.3) is 0 Å². The van der Waals surface area contributed by atoms with Crippen molar-refractivity contribution in [1.82, 2.24) is 0 Å². The van der Waals surface area contributed by atoms with Crippen molar-refractivity contribution in [3.05, 3.63) is 23.3 Å². The van der Waals surface area contributed by atoms with Crippen molar-refractivity contribution < 1.29 is 10.2 Å². The maximum absolute atomic E-state index is 10.4. The Labute approximate surface area is 104 Å². The Balaban J connectivity index is 2.61. The maximum Gasteiger partial charge on any atom is 0.0767 e. The molecule has 2 rings (SSSR count). The van der Waals surface area contributed by atoms with Gasteiger partial charge in [-0.15, -0.1) is 0 Å². The molecule has 0 unspecified atom stereocenters. The van der Waals surface area contributed by atoms with E-state index in [-0.39, 0.29) is 23.5 Å². The predicted molar refractivity (Wildman–Crippen MR) is 69.5 cm³/mol. The molecule has 2 nitrogen and oxygen atoms in total. The lowest BCUT2D eigenvalue weighted by Crippen LogP contribution is -2.29. The molecular formula is C15H24O2. The first-order valence-corrected chi connectivity index (χ1v) is 6.46. The van der Waals surface area contributed by atoms with Crippen molar-refractivity contribution in [3.8, 4) is 0 Å². The van der Waals surface area contributed by atoms with Crippen LogP contribution in [0.3, 0.4) is 0 Å². The highest BCUT2D eigenvalue weighted by Crippen LogP contribution is 2.59. The molecule has 0 aromatic carbocycles. The fraction of sp³-hybridized carbons (Fsp3) is 0.733. The largest absolute Gasteiger partial charge is 0.395 e. The molecule has 3 atom stereocenters. The topological polar surface area (TPSA) is 40.5 Å². The fourth-order valence-corrected chi connectivity index (χ4v) is 3.98. The minimum Gasteiger partial charge on any atom is -0.395 e. The van der Waals surface area contributed by atoms with Crippen LogP contribution in [0.1, 0.15) is 40.5 Å². The van der Waals surface area contributed by atoms with E-state index in [4.69, 9.17) is 0 Å². The highest BCUT2D eigenvalue weighted by atomic mass is 16.3. The first-order chi connectivity index (χ1) is 7.73. The minimum atomic E-state index is -0.367. The standard InChI is InChI=1S/C15H24O2/c1-9-6-11(17)13-12(10(9)2)15(5,8-16)7-14(13,3)4/h9,11,16-17H,2,6-8H2,1,3-5H3/t9-,11+,15-/m1/s1. The van der Waals surface area contributed by atoms with Gasteiger partial charge in [0, 0.05) is 5.41 Å². The third-order valence-electron chi connectivity index (χ3n) is 4.61. The van der Waals surface area contributed by atoms with E-state index in [0.29, 0.717) is 5.92 Å². The van der Waals surface area contributed by atoms with Crippen LogP contribution in [0.15, 0.2) is 23.3 Å². The number of hydrogen-bond acceptors (Lipinski definition) is 2. The van der Waals surface area contributed by atoms with Gasteiger partial charge < -0.3 is 10.2 Å². The second kappa shape index (κ2) is 3.69. The zero-order chi connectivity index (χ0) is 13.0. The highest BCUT2D eigenvalue weighted by Gasteiger charge is 2.51. The molecule has 0 aromatic rings. The second-order valence-corrected chi connectivity index (χ2v) is 6.75. The van der Waals surface area contributed by atoms with Gasteiger partial charge in [0.1, 0.15) is 0 Å². The van der Waals surface area contributed by atoms with E-state index in [0.717, 1.165) is 29.6 Å². The van der Waals surface area contributed by atoms with Gasteiger partial charge in [0.2, 0.25) is 0 Å². The van der Waals surface area contributed by atoms with Gasteiger partial charge in [-0.3, -0.25) is 0 Å². The van der Waals surface area contributed by atoms with Crippen molar-refractivity contribution in [2.45, 2.75) is 46.6 Å². The molecule has 17 heavy (non-hydrogen) atoms. The van der Waals surface area contributed by atoms with Gasteiger partial charge in [-0.1, -0.05) is 34.3 Å². The van der Waals surface area contributed by atoms with Crippen molar-refractivity contribution in [2.75, 3.05) is 6.61 Å². The molecule has 0 aromatic heterocycles. The molecule has 0 heterocycles. The molecule has 0 bridgehead atoms. The molecule has 0 radical (unpaired) electrons. The SMILES string of the molecule is C=C1C2=C([C@@H](O)C[C@H]1C)C(C)(C)C[C@]2(C)CO. The smallest absolute Gasteiger partial charge is 0.0767 e. The van der Waals surface area contributed by atoms with Crippen LogP contribution in [0.25, 0.3) is 0 Å². The van der Waals surface area contributed by atoms with Crippen LogP contribution in [-0.4, -0.2) is 22.9 Å². The molecule has 0 amide bonds. The summed E-state index contributed by atoms with van der Waals surface area (Å²) in [6.45, 7) is 12.9. The predicted octanol–water partition coefficient (Wildman–Crippen LogP) is 2.67. The van der Waals surface area contributed by atoms with E-state index < -0.39 is 0 Å². The van der Waals surface area contributed by atoms with Gasteiger partial charge in [0.15, 0.2) is 0 Å². The Morgan fingerprint density at radius 2 is 1.94 bits per heavy atom. The average Bonchev–Trinajstić information content (AvgIpc) is 2.43. The molecule has 2 aliphatic rings. The summed E-state index contributed by atoms with van der Waals surface area (Å²) in [5, 5.41) is 20.1. The number of rotatable bonds is 1. The van der Waals surface area contributed by atoms with Gasteiger partial charge in [-0.25, -0.2) is 0 Å². The van der Waals surface area contributed by atoms with Crippen LogP contribution in [0.4, 0.5) is 0 Å². The summed E-state index contributed by atoms with van der Waals surface area (Å²) in [7, 11) is 0. The summed E-state index contributed by atoms with van der Waals surface area (Å²) in [5.41, 5.74) is 3.13. The summed E-state index contributed by atoms with van der Waals surface area (Å²) in [5.74, 6) is 0.309. The van der Waals surface area contributed by atoms with Gasteiger partial charge in [0.05, 0.1) is 12.7 Å². The van der Waals surface area contributed by atoms with Crippen LogP contribution in [-0.2, 0) is 0 Å². The molecule has 2 N–H and O–H groups in total. The quantitative estimate of drug-likeness (QED) is 0.735.